The second kappa shape index (κ2) is 6.63. The van der Waals surface area contributed by atoms with Gasteiger partial charge in [-0.2, -0.15) is 0 Å². The number of carbonyl (C=O) groups excluding carboxylic acids is 1. The minimum absolute atomic E-state index is 0.112. The lowest BCUT2D eigenvalue weighted by molar-refractivity contribution is -0.141. The summed E-state index contributed by atoms with van der Waals surface area (Å²) in [7, 11) is 1.45. The lowest BCUT2D eigenvalue weighted by Gasteiger charge is -2.31. The van der Waals surface area contributed by atoms with Gasteiger partial charge >= 0.3 is 5.97 Å². The average Bonchev–Trinajstić information content (AvgIpc) is 2.30. The molecule has 0 aromatic carbocycles. The predicted octanol–water partition coefficient (Wildman–Crippen LogP) is 3.88. The van der Waals surface area contributed by atoms with Crippen molar-refractivity contribution in [1.82, 2.24) is 0 Å². The summed E-state index contributed by atoms with van der Waals surface area (Å²) in [6.45, 7) is 8.45. The summed E-state index contributed by atoms with van der Waals surface area (Å²) >= 11 is 0. The van der Waals surface area contributed by atoms with Gasteiger partial charge in [0.25, 0.3) is 0 Å². The van der Waals surface area contributed by atoms with Gasteiger partial charge in [-0.3, -0.25) is 4.79 Å². The van der Waals surface area contributed by atoms with E-state index in [0.29, 0.717) is 18.3 Å². The van der Waals surface area contributed by atoms with Gasteiger partial charge in [0.1, 0.15) is 0 Å². The van der Waals surface area contributed by atoms with Crippen molar-refractivity contribution in [2.45, 2.75) is 46.0 Å². The van der Waals surface area contributed by atoms with Gasteiger partial charge in [-0.05, 0) is 44.9 Å². The molecular formula is C15H24O2. The maximum absolute atomic E-state index is 11.3. The molecule has 0 bridgehead atoms. The third-order valence-corrected chi connectivity index (χ3v) is 3.61. The molecule has 2 heteroatoms. The number of allylic oxidation sites excluding steroid dienone is 3. The smallest absolute Gasteiger partial charge is 0.306 e. The SMILES string of the molecule is C=C1C(CC=C(C)C)CCC[C@H]1CC(=O)OC. The van der Waals surface area contributed by atoms with Gasteiger partial charge in [0, 0.05) is 0 Å². The second-order valence-corrected chi connectivity index (χ2v) is 5.20. The van der Waals surface area contributed by atoms with E-state index in [2.05, 4.69) is 26.5 Å². The molecule has 1 rings (SSSR count). The number of rotatable bonds is 4. The average molecular weight is 236 g/mol. The van der Waals surface area contributed by atoms with Crippen LogP contribution >= 0.6 is 0 Å². The Morgan fingerprint density at radius 1 is 1.41 bits per heavy atom. The lowest BCUT2D eigenvalue weighted by Crippen LogP contribution is -2.21. The van der Waals surface area contributed by atoms with Crippen LogP contribution in [0.25, 0.3) is 0 Å². The summed E-state index contributed by atoms with van der Waals surface area (Å²) in [4.78, 5) is 11.3. The van der Waals surface area contributed by atoms with Crippen LogP contribution in [0.5, 0.6) is 0 Å². The Hall–Kier alpha value is -1.05. The summed E-state index contributed by atoms with van der Waals surface area (Å²) in [6.07, 6.45) is 7.33. The first kappa shape index (κ1) is 14.0. The van der Waals surface area contributed by atoms with Crippen LogP contribution in [0.2, 0.25) is 0 Å². The highest BCUT2D eigenvalue weighted by molar-refractivity contribution is 5.70. The predicted molar refractivity (Wildman–Crippen MR) is 70.7 cm³/mol. The van der Waals surface area contributed by atoms with E-state index < -0.39 is 0 Å². The molecule has 2 nitrogen and oxygen atoms in total. The zero-order chi connectivity index (χ0) is 12.8. The summed E-state index contributed by atoms with van der Waals surface area (Å²) < 4.78 is 4.74. The first-order chi connectivity index (χ1) is 8.04. The fourth-order valence-corrected chi connectivity index (χ4v) is 2.48. The Morgan fingerprint density at radius 2 is 2.06 bits per heavy atom. The van der Waals surface area contributed by atoms with Gasteiger partial charge in [0.15, 0.2) is 0 Å². The van der Waals surface area contributed by atoms with E-state index in [9.17, 15) is 4.79 Å². The molecule has 0 N–H and O–H groups in total. The van der Waals surface area contributed by atoms with E-state index in [-0.39, 0.29) is 5.97 Å². The largest absolute Gasteiger partial charge is 0.469 e. The van der Waals surface area contributed by atoms with E-state index in [0.717, 1.165) is 12.8 Å². The monoisotopic (exact) mass is 236 g/mol. The molecule has 0 saturated heterocycles. The van der Waals surface area contributed by atoms with Gasteiger partial charge in [0.2, 0.25) is 0 Å². The molecule has 0 aliphatic heterocycles. The van der Waals surface area contributed by atoms with Crippen LogP contribution in [0.4, 0.5) is 0 Å². The van der Waals surface area contributed by atoms with Crippen molar-refractivity contribution in [1.29, 1.82) is 0 Å². The molecule has 0 amide bonds. The molecule has 0 aromatic heterocycles. The third-order valence-electron chi connectivity index (χ3n) is 3.61. The Morgan fingerprint density at radius 3 is 2.65 bits per heavy atom. The molecule has 1 saturated carbocycles. The van der Waals surface area contributed by atoms with E-state index >= 15 is 0 Å². The van der Waals surface area contributed by atoms with Gasteiger partial charge < -0.3 is 4.74 Å². The standard InChI is InChI=1S/C15H24O2/c1-11(2)8-9-13-6-5-7-14(12(13)3)10-15(16)17-4/h8,13-14H,3,5-7,9-10H2,1-2,4H3/t13?,14-/m0/s1. The fourth-order valence-electron chi connectivity index (χ4n) is 2.48. The van der Waals surface area contributed by atoms with Crippen LogP contribution in [0, 0.1) is 11.8 Å². The number of esters is 1. The lowest BCUT2D eigenvalue weighted by atomic mass is 9.74. The van der Waals surface area contributed by atoms with Crippen LogP contribution in [0.3, 0.4) is 0 Å². The highest BCUT2D eigenvalue weighted by atomic mass is 16.5. The second-order valence-electron chi connectivity index (χ2n) is 5.20. The molecule has 0 aromatic rings. The van der Waals surface area contributed by atoms with Gasteiger partial charge in [-0.25, -0.2) is 0 Å². The van der Waals surface area contributed by atoms with Gasteiger partial charge in [-0.15, -0.1) is 0 Å². The van der Waals surface area contributed by atoms with Crippen molar-refractivity contribution in [3.05, 3.63) is 23.8 Å². The summed E-state index contributed by atoms with van der Waals surface area (Å²) in [5.41, 5.74) is 2.60. The first-order valence-corrected chi connectivity index (χ1v) is 6.43. The fraction of sp³-hybridized carbons (Fsp3) is 0.667. The zero-order valence-corrected chi connectivity index (χ0v) is 11.3. The maximum atomic E-state index is 11.3. The minimum Gasteiger partial charge on any atom is -0.469 e. The van der Waals surface area contributed by atoms with Crippen molar-refractivity contribution in [2.24, 2.45) is 11.8 Å². The van der Waals surface area contributed by atoms with Crippen LogP contribution < -0.4 is 0 Å². The quantitative estimate of drug-likeness (QED) is 0.547. The Bertz CT molecular complexity index is 311. The molecule has 1 aliphatic carbocycles. The third kappa shape index (κ3) is 4.37. The molecule has 0 heterocycles. The number of methoxy groups -OCH3 is 1. The van der Waals surface area contributed by atoms with E-state index in [1.54, 1.807) is 0 Å². The molecule has 96 valence electrons. The van der Waals surface area contributed by atoms with Crippen molar-refractivity contribution in [2.75, 3.05) is 7.11 Å². The van der Waals surface area contributed by atoms with E-state index in [1.807, 2.05) is 0 Å². The van der Waals surface area contributed by atoms with Crippen LogP contribution in [0.15, 0.2) is 23.8 Å². The summed E-state index contributed by atoms with van der Waals surface area (Å²) in [5.74, 6) is 0.763. The Kier molecular flexibility index (Phi) is 5.46. The van der Waals surface area contributed by atoms with Crippen LogP contribution in [0.1, 0.15) is 46.0 Å². The van der Waals surface area contributed by atoms with Crippen molar-refractivity contribution in [3.8, 4) is 0 Å². The minimum atomic E-state index is -0.112. The van der Waals surface area contributed by atoms with E-state index in [1.165, 1.54) is 31.1 Å². The number of ether oxygens (including phenoxy) is 1. The van der Waals surface area contributed by atoms with Crippen LogP contribution in [-0.4, -0.2) is 13.1 Å². The molecule has 0 spiro atoms. The first-order valence-electron chi connectivity index (χ1n) is 6.43. The van der Waals surface area contributed by atoms with Crippen molar-refractivity contribution in [3.63, 3.8) is 0 Å². The van der Waals surface area contributed by atoms with Gasteiger partial charge in [0.05, 0.1) is 13.5 Å². The summed E-state index contributed by atoms with van der Waals surface area (Å²) in [6, 6.07) is 0. The number of hydrogen-bond donors (Lipinski definition) is 0. The molecule has 1 unspecified atom stereocenters. The number of carbonyl (C=O) groups is 1. The van der Waals surface area contributed by atoms with Crippen molar-refractivity contribution >= 4 is 5.97 Å². The highest BCUT2D eigenvalue weighted by Crippen LogP contribution is 2.37. The molecule has 1 fully saturated rings. The van der Waals surface area contributed by atoms with Crippen LogP contribution in [-0.2, 0) is 9.53 Å². The topological polar surface area (TPSA) is 26.3 Å². The molecule has 1 aliphatic rings. The molecule has 17 heavy (non-hydrogen) atoms. The molecule has 0 radical (unpaired) electrons. The number of hydrogen-bond acceptors (Lipinski definition) is 2. The zero-order valence-electron chi connectivity index (χ0n) is 11.3. The molecular weight excluding hydrogens is 212 g/mol. The summed E-state index contributed by atoms with van der Waals surface area (Å²) in [5, 5.41) is 0. The highest BCUT2D eigenvalue weighted by Gasteiger charge is 2.27. The Balaban J connectivity index is 2.56. The molecule has 2 atom stereocenters. The van der Waals surface area contributed by atoms with Gasteiger partial charge in [-0.1, -0.05) is 30.2 Å². The maximum Gasteiger partial charge on any atom is 0.306 e. The normalized spacial score (nSPS) is 24.3. The Labute approximate surface area is 105 Å². The van der Waals surface area contributed by atoms with Crippen molar-refractivity contribution < 1.29 is 9.53 Å². The van der Waals surface area contributed by atoms with E-state index in [4.69, 9.17) is 4.74 Å².